The van der Waals surface area contributed by atoms with Gasteiger partial charge in [0.05, 0.1) is 17.7 Å². The maximum atomic E-state index is 12.9. The average Bonchev–Trinajstić information content (AvgIpc) is 3.02. The zero-order chi connectivity index (χ0) is 19.5. The molecule has 1 fully saturated rings. The van der Waals surface area contributed by atoms with Gasteiger partial charge in [-0.25, -0.2) is 0 Å². The summed E-state index contributed by atoms with van der Waals surface area (Å²) in [5.74, 6) is 0.635. The van der Waals surface area contributed by atoms with Crippen LogP contribution in [0.25, 0.3) is 17.2 Å². The highest BCUT2D eigenvalue weighted by Crippen LogP contribution is 2.36. The number of hydrogen-bond donors (Lipinski definition) is 0. The number of nitrogens with zero attached hydrogens (tertiary/aromatic N) is 1. The maximum Gasteiger partial charge on any atom is 0.270 e. The summed E-state index contributed by atoms with van der Waals surface area (Å²) in [4.78, 5) is 15.1. The molecule has 3 aromatic carbocycles. The third-order valence-electron chi connectivity index (χ3n) is 4.44. The van der Waals surface area contributed by atoms with Crippen LogP contribution in [0.4, 0.5) is 5.69 Å². The van der Waals surface area contributed by atoms with Gasteiger partial charge in [-0.2, -0.15) is 0 Å². The first kappa shape index (κ1) is 18.5. The van der Waals surface area contributed by atoms with Crippen molar-refractivity contribution in [2.45, 2.75) is 0 Å². The van der Waals surface area contributed by atoms with Gasteiger partial charge in [-0.05, 0) is 47.0 Å². The van der Waals surface area contributed by atoms with Crippen LogP contribution in [-0.4, -0.2) is 17.3 Å². The molecule has 3 aromatic rings. The smallest absolute Gasteiger partial charge is 0.270 e. The number of amides is 1. The van der Waals surface area contributed by atoms with Crippen molar-refractivity contribution in [3.05, 3.63) is 89.3 Å². The minimum atomic E-state index is -0.104. The monoisotopic (exact) mass is 403 g/mol. The van der Waals surface area contributed by atoms with Crippen LogP contribution in [-0.2, 0) is 4.79 Å². The van der Waals surface area contributed by atoms with Gasteiger partial charge < -0.3 is 4.74 Å². The molecule has 0 N–H and O–H groups in total. The van der Waals surface area contributed by atoms with Crippen molar-refractivity contribution >= 4 is 46.0 Å². The molecular weight excluding hydrogens is 386 g/mol. The molecule has 0 saturated carbocycles. The quantitative estimate of drug-likeness (QED) is 0.409. The minimum Gasteiger partial charge on any atom is -0.497 e. The zero-order valence-electron chi connectivity index (χ0n) is 15.2. The molecule has 28 heavy (non-hydrogen) atoms. The molecule has 0 radical (unpaired) electrons. The zero-order valence-corrected chi connectivity index (χ0v) is 16.8. The lowest BCUT2D eigenvalue weighted by molar-refractivity contribution is -0.113. The SMILES string of the molecule is COc1ccc(N2C(=O)/C(=C/c3ccc(-c4ccccc4)cc3)SC2=S)cc1. The molecule has 1 saturated heterocycles. The lowest BCUT2D eigenvalue weighted by Gasteiger charge is -2.14. The van der Waals surface area contributed by atoms with Crippen molar-refractivity contribution in [1.29, 1.82) is 0 Å². The number of rotatable bonds is 4. The Morgan fingerprint density at radius 3 is 2.18 bits per heavy atom. The topological polar surface area (TPSA) is 29.5 Å². The number of anilines is 1. The van der Waals surface area contributed by atoms with E-state index in [4.69, 9.17) is 17.0 Å². The van der Waals surface area contributed by atoms with Gasteiger partial charge in [-0.3, -0.25) is 9.69 Å². The standard InChI is InChI=1S/C23H17NO2S2/c1-26-20-13-11-19(12-14-20)24-22(25)21(28-23(24)27)15-16-7-9-18(10-8-16)17-5-3-2-4-6-17/h2-15H,1H3/b21-15-. The van der Waals surface area contributed by atoms with Crippen LogP contribution < -0.4 is 9.64 Å². The number of hydrogen-bond acceptors (Lipinski definition) is 4. The van der Waals surface area contributed by atoms with E-state index in [-0.39, 0.29) is 5.91 Å². The Labute approximate surface area is 173 Å². The molecule has 0 atom stereocenters. The highest BCUT2D eigenvalue weighted by atomic mass is 32.2. The first-order valence-electron chi connectivity index (χ1n) is 8.73. The second-order valence-electron chi connectivity index (χ2n) is 6.20. The first-order valence-corrected chi connectivity index (χ1v) is 9.96. The van der Waals surface area contributed by atoms with Crippen molar-refractivity contribution in [1.82, 2.24) is 0 Å². The molecule has 4 rings (SSSR count). The molecule has 1 aliphatic heterocycles. The molecule has 138 valence electrons. The third-order valence-corrected chi connectivity index (χ3v) is 5.74. The van der Waals surface area contributed by atoms with Crippen LogP contribution in [0.1, 0.15) is 5.56 Å². The second-order valence-corrected chi connectivity index (χ2v) is 7.88. The largest absolute Gasteiger partial charge is 0.497 e. The summed E-state index contributed by atoms with van der Waals surface area (Å²) in [6.45, 7) is 0. The summed E-state index contributed by atoms with van der Waals surface area (Å²) in [6, 6.07) is 25.7. The van der Waals surface area contributed by atoms with E-state index in [2.05, 4.69) is 24.3 Å². The fourth-order valence-electron chi connectivity index (χ4n) is 2.98. The van der Waals surface area contributed by atoms with Crippen LogP contribution in [0, 0.1) is 0 Å². The molecular formula is C23H17NO2S2. The molecule has 0 bridgehead atoms. The van der Waals surface area contributed by atoms with Crippen molar-refractivity contribution in [3.63, 3.8) is 0 Å². The second kappa shape index (κ2) is 8.00. The summed E-state index contributed by atoms with van der Waals surface area (Å²) in [5.41, 5.74) is 4.02. The predicted octanol–water partition coefficient (Wildman–Crippen LogP) is 5.77. The van der Waals surface area contributed by atoms with E-state index in [0.717, 1.165) is 22.6 Å². The molecule has 0 spiro atoms. The normalized spacial score (nSPS) is 15.3. The Balaban J connectivity index is 1.56. The number of thiocarbonyl (C=S) groups is 1. The molecule has 5 heteroatoms. The van der Waals surface area contributed by atoms with E-state index < -0.39 is 0 Å². The first-order chi connectivity index (χ1) is 13.7. The van der Waals surface area contributed by atoms with Gasteiger partial charge in [0.2, 0.25) is 0 Å². The highest BCUT2D eigenvalue weighted by Gasteiger charge is 2.33. The van der Waals surface area contributed by atoms with Crippen LogP contribution >= 0.6 is 24.0 Å². The van der Waals surface area contributed by atoms with E-state index in [9.17, 15) is 4.79 Å². The lowest BCUT2D eigenvalue weighted by atomic mass is 10.0. The summed E-state index contributed by atoms with van der Waals surface area (Å²) in [6.07, 6.45) is 1.89. The molecule has 1 amide bonds. The number of carbonyl (C=O) groups excluding carboxylic acids is 1. The van der Waals surface area contributed by atoms with Gasteiger partial charge >= 0.3 is 0 Å². The van der Waals surface area contributed by atoms with Gasteiger partial charge in [-0.1, -0.05) is 78.6 Å². The van der Waals surface area contributed by atoms with Crippen molar-refractivity contribution in [3.8, 4) is 16.9 Å². The molecule has 3 nitrogen and oxygen atoms in total. The molecule has 0 unspecified atom stereocenters. The van der Waals surface area contributed by atoms with Gasteiger partial charge in [0, 0.05) is 0 Å². The van der Waals surface area contributed by atoms with E-state index in [1.54, 1.807) is 12.0 Å². The number of thioether (sulfide) groups is 1. The predicted molar refractivity (Wildman–Crippen MR) is 121 cm³/mol. The number of ether oxygens (including phenoxy) is 1. The van der Waals surface area contributed by atoms with Crippen LogP contribution in [0.3, 0.4) is 0 Å². The van der Waals surface area contributed by atoms with Gasteiger partial charge in [-0.15, -0.1) is 0 Å². The Morgan fingerprint density at radius 1 is 0.893 bits per heavy atom. The molecule has 0 aromatic heterocycles. The van der Waals surface area contributed by atoms with E-state index in [0.29, 0.717) is 9.23 Å². The Hall–Kier alpha value is -2.89. The molecule has 1 heterocycles. The fraction of sp³-hybridized carbons (Fsp3) is 0.0435. The third kappa shape index (κ3) is 3.72. The summed E-state index contributed by atoms with van der Waals surface area (Å²) < 4.78 is 5.70. The van der Waals surface area contributed by atoms with Gasteiger partial charge in [0.25, 0.3) is 5.91 Å². The van der Waals surface area contributed by atoms with Crippen molar-refractivity contribution < 1.29 is 9.53 Å². The summed E-state index contributed by atoms with van der Waals surface area (Å²) in [5, 5.41) is 0. The van der Waals surface area contributed by atoms with Gasteiger partial charge in [0.15, 0.2) is 4.32 Å². The highest BCUT2D eigenvalue weighted by molar-refractivity contribution is 8.27. The van der Waals surface area contributed by atoms with Crippen LogP contribution in [0.5, 0.6) is 5.75 Å². The minimum absolute atomic E-state index is 0.104. The van der Waals surface area contributed by atoms with E-state index in [1.165, 1.54) is 17.3 Å². The summed E-state index contributed by atoms with van der Waals surface area (Å²) >= 11 is 6.75. The molecule has 0 aliphatic carbocycles. The fourth-order valence-corrected chi connectivity index (χ4v) is 4.27. The van der Waals surface area contributed by atoms with Crippen LogP contribution in [0.15, 0.2) is 83.8 Å². The van der Waals surface area contributed by atoms with Crippen LogP contribution in [0.2, 0.25) is 0 Å². The van der Waals surface area contributed by atoms with Crippen molar-refractivity contribution in [2.75, 3.05) is 12.0 Å². The van der Waals surface area contributed by atoms with E-state index in [1.807, 2.05) is 60.7 Å². The maximum absolute atomic E-state index is 12.9. The lowest BCUT2D eigenvalue weighted by Crippen LogP contribution is -2.27. The Morgan fingerprint density at radius 2 is 1.54 bits per heavy atom. The number of methoxy groups -OCH3 is 1. The van der Waals surface area contributed by atoms with E-state index >= 15 is 0 Å². The molecule has 1 aliphatic rings. The van der Waals surface area contributed by atoms with Crippen molar-refractivity contribution in [2.24, 2.45) is 0 Å². The Bertz CT molecular complexity index is 1040. The average molecular weight is 404 g/mol. The Kier molecular flexibility index (Phi) is 5.28. The van der Waals surface area contributed by atoms with Gasteiger partial charge in [0.1, 0.15) is 5.75 Å². The summed E-state index contributed by atoms with van der Waals surface area (Å²) in [7, 11) is 1.61. The number of benzene rings is 3. The number of carbonyl (C=O) groups is 1.